The molecule has 0 heterocycles. The maximum atomic E-state index is 12.0. The van der Waals surface area contributed by atoms with Gasteiger partial charge in [-0.15, -0.1) is 0 Å². The second-order valence-electron chi connectivity index (χ2n) is 4.98. The van der Waals surface area contributed by atoms with Gasteiger partial charge in [0.25, 0.3) is 0 Å². The summed E-state index contributed by atoms with van der Waals surface area (Å²) in [6.07, 6.45) is 8.53. The minimum absolute atomic E-state index is 0.289. The van der Waals surface area contributed by atoms with Crippen LogP contribution in [-0.2, 0) is 0 Å². The van der Waals surface area contributed by atoms with Crippen LogP contribution in [0.2, 0.25) is 0 Å². The molecule has 0 unspecified atom stereocenters. The molecule has 1 nitrogen and oxygen atoms in total. The summed E-state index contributed by atoms with van der Waals surface area (Å²) in [7, 11) is 0. The quantitative estimate of drug-likeness (QED) is 0.715. The second kappa shape index (κ2) is 6.34. The Bertz CT molecular complexity index is 380. The number of Topliss-reactive ketones (excluding diaryl/α,β-unsaturated/α-hetero) is 1. The van der Waals surface area contributed by atoms with Crippen LogP contribution in [0, 0.1) is 5.92 Å². The van der Waals surface area contributed by atoms with Gasteiger partial charge in [0.1, 0.15) is 0 Å². The molecule has 1 aromatic carbocycles. The number of ketones is 1. The summed E-state index contributed by atoms with van der Waals surface area (Å²) in [6, 6.07) is 7.72. The van der Waals surface area contributed by atoms with Crippen molar-refractivity contribution < 1.29 is 4.79 Å². The van der Waals surface area contributed by atoms with Crippen molar-refractivity contribution in [3.63, 3.8) is 0 Å². The molecule has 0 bridgehead atoms. The van der Waals surface area contributed by atoms with Crippen LogP contribution in [0.15, 0.2) is 28.7 Å². The van der Waals surface area contributed by atoms with E-state index in [2.05, 4.69) is 15.9 Å². The predicted octanol–water partition coefficient (Wildman–Crippen LogP) is 4.99. The molecule has 1 aliphatic carbocycles. The summed E-state index contributed by atoms with van der Waals surface area (Å²) < 4.78 is 0.987. The average molecular weight is 295 g/mol. The summed E-state index contributed by atoms with van der Waals surface area (Å²) in [5, 5.41) is 0. The molecule has 0 atom stereocenters. The molecule has 0 aliphatic heterocycles. The molecule has 0 radical (unpaired) electrons. The number of rotatable bonds is 4. The highest BCUT2D eigenvalue weighted by Crippen LogP contribution is 2.28. The normalized spacial score (nSPS) is 17.0. The van der Waals surface area contributed by atoms with E-state index in [9.17, 15) is 4.79 Å². The maximum absolute atomic E-state index is 12.0. The zero-order chi connectivity index (χ0) is 12.1. The minimum atomic E-state index is 0.289. The Morgan fingerprint density at radius 3 is 2.71 bits per heavy atom. The van der Waals surface area contributed by atoms with Crippen molar-refractivity contribution in [1.82, 2.24) is 0 Å². The Hall–Kier alpha value is -0.630. The second-order valence-corrected chi connectivity index (χ2v) is 5.89. The number of benzene rings is 1. The van der Waals surface area contributed by atoms with Crippen molar-refractivity contribution >= 4 is 21.7 Å². The Balaban J connectivity index is 1.84. The van der Waals surface area contributed by atoms with Crippen molar-refractivity contribution in [2.45, 2.75) is 44.9 Å². The monoisotopic (exact) mass is 294 g/mol. The van der Waals surface area contributed by atoms with Crippen LogP contribution in [0.5, 0.6) is 0 Å². The maximum Gasteiger partial charge on any atom is 0.162 e. The highest BCUT2D eigenvalue weighted by Gasteiger charge is 2.15. The predicted molar refractivity (Wildman–Crippen MR) is 74.3 cm³/mol. The van der Waals surface area contributed by atoms with Crippen LogP contribution in [0.25, 0.3) is 0 Å². The van der Waals surface area contributed by atoms with E-state index in [1.165, 1.54) is 32.1 Å². The molecule has 2 heteroatoms. The molecule has 0 amide bonds. The molecule has 0 N–H and O–H groups in total. The molecule has 1 saturated carbocycles. The van der Waals surface area contributed by atoms with Crippen molar-refractivity contribution in [2.24, 2.45) is 5.92 Å². The smallest absolute Gasteiger partial charge is 0.162 e. The van der Waals surface area contributed by atoms with Gasteiger partial charge < -0.3 is 0 Å². The lowest BCUT2D eigenvalue weighted by Crippen LogP contribution is -2.09. The van der Waals surface area contributed by atoms with Crippen LogP contribution in [0.1, 0.15) is 55.3 Å². The molecular weight excluding hydrogens is 276 g/mol. The molecule has 1 aromatic rings. The van der Waals surface area contributed by atoms with Gasteiger partial charge in [-0.3, -0.25) is 4.79 Å². The van der Waals surface area contributed by atoms with Crippen molar-refractivity contribution in [3.8, 4) is 0 Å². The van der Waals surface area contributed by atoms with Gasteiger partial charge >= 0.3 is 0 Å². The van der Waals surface area contributed by atoms with Gasteiger partial charge in [0.05, 0.1) is 0 Å². The Labute approximate surface area is 112 Å². The summed E-state index contributed by atoms with van der Waals surface area (Å²) in [6.45, 7) is 0. The number of carbonyl (C=O) groups is 1. The number of halogens is 1. The Morgan fingerprint density at radius 1 is 1.24 bits per heavy atom. The van der Waals surface area contributed by atoms with Gasteiger partial charge in [-0.1, -0.05) is 60.2 Å². The van der Waals surface area contributed by atoms with E-state index in [4.69, 9.17) is 0 Å². The molecular formula is C15H19BrO. The first-order chi connectivity index (χ1) is 8.25. The SMILES string of the molecule is O=C(CCC1CCCCC1)c1cccc(Br)c1. The largest absolute Gasteiger partial charge is 0.294 e. The van der Waals surface area contributed by atoms with Gasteiger partial charge in [0.15, 0.2) is 5.78 Å². The van der Waals surface area contributed by atoms with E-state index in [-0.39, 0.29) is 5.78 Å². The first-order valence-electron chi connectivity index (χ1n) is 6.54. The summed E-state index contributed by atoms with van der Waals surface area (Å²) >= 11 is 3.41. The highest BCUT2D eigenvalue weighted by molar-refractivity contribution is 9.10. The lowest BCUT2D eigenvalue weighted by atomic mass is 9.85. The molecule has 2 rings (SSSR count). The van der Waals surface area contributed by atoms with Gasteiger partial charge in [-0.2, -0.15) is 0 Å². The van der Waals surface area contributed by atoms with Crippen molar-refractivity contribution in [2.75, 3.05) is 0 Å². The first-order valence-corrected chi connectivity index (χ1v) is 7.34. The van der Waals surface area contributed by atoms with Crippen LogP contribution in [0.3, 0.4) is 0 Å². The Kier molecular flexibility index (Phi) is 4.78. The molecule has 1 aliphatic rings. The lowest BCUT2D eigenvalue weighted by molar-refractivity contribution is 0.0970. The molecule has 1 fully saturated rings. The summed E-state index contributed by atoms with van der Waals surface area (Å²) in [4.78, 5) is 12.0. The molecule has 17 heavy (non-hydrogen) atoms. The van der Waals surface area contributed by atoms with E-state index >= 15 is 0 Å². The molecule has 0 aromatic heterocycles. The fraction of sp³-hybridized carbons (Fsp3) is 0.533. The van der Waals surface area contributed by atoms with Crippen LogP contribution in [-0.4, -0.2) is 5.78 Å². The third-order valence-corrected chi connectivity index (χ3v) is 4.14. The molecule has 0 spiro atoms. The third-order valence-electron chi connectivity index (χ3n) is 3.65. The number of hydrogen-bond acceptors (Lipinski definition) is 1. The van der Waals surface area contributed by atoms with E-state index in [1.54, 1.807) is 0 Å². The van der Waals surface area contributed by atoms with Gasteiger partial charge in [0.2, 0.25) is 0 Å². The van der Waals surface area contributed by atoms with Gasteiger partial charge in [-0.05, 0) is 24.5 Å². The third kappa shape index (κ3) is 3.95. The minimum Gasteiger partial charge on any atom is -0.294 e. The van der Waals surface area contributed by atoms with Gasteiger partial charge in [-0.25, -0.2) is 0 Å². The lowest BCUT2D eigenvalue weighted by Gasteiger charge is -2.20. The average Bonchev–Trinajstić information content (AvgIpc) is 2.37. The van der Waals surface area contributed by atoms with Crippen LogP contribution >= 0.6 is 15.9 Å². The fourth-order valence-electron chi connectivity index (χ4n) is 2.62. The van der Waals surface area contributed by atoms with Crippen LogP contribution < -0.4 is 0 Å². The standard InChI is InChI=1S/C15H19BrO/c16-14-8-4-7-13(11-14)15(17)10-9-12-5-2-1-3-6-12/h4,7-8,11-12H,1-3,5-6,9-10H2. The topological polar surface area (TPSA) is 17.1 Å². The van der Waals surface area contributed by atoms with E-state index < -0.39 is 0 Å². The van der Waals surface area contributed by atoms with E-state index in [1.807, 2.05) is 24.3 Å². The van der Waals surface area contributed by atoms with Crippen LogP contribution in [0.4, 0.5) is 0 Å². The summed E-state index contributed by atoms with van der Waals surface area (Å²) in [5.74, 6) is 1.08. The zero-order valence-electron chi connectivity index (χ0n) is 10.1. The van der Waals surface area contributed by atoms with Crippen molar-refractivity contribution in [1.29, 1.82) is 0 Å². The van der Waals surface area contributed by atoms with Gasteiger partial charge in [0, 0.05) is 16.5 Å². The number of carbonyl (C=O) groups excluding carboxylic acids is 1. The first kappa shape index (κ1) is 12.8. The Morgan fingerprint density at radius 2 is 2.00 bits per heavy atom. The van der Waals surface area contributed by atoms with Crippen molar-refractivity contribution in [3.05, 3.63) is 34.3 Å². The zero-order valence-corrected chi connectivity index (χ0v) is 11.7. The fourth-order valence-corrected chi connectivity index (χ4v) is 3.02. The highest BCUT2D eigenvalue weighted by atomic mass is 79.9. The summed E-state index contributed by atoms with van der Waals surface area (Å²) in [5.41, 5.74) is 0.843. The molecule has 0 saturated heterocycles. The molecule has 92 valence electrons. The number of hydrogen-bond donors (Lipinski definition) is 0. The van der Waals surface area contributed by atoms with E-state index in [0.29, 0.717) is 6.42 Å². The van der Waals surface area contributed by atoms with E-state index in [0.717, 1.165) is 22.4 Å².